The molecule has 1 amide bonds. The molecule has 2 rings (SSSR count). The predicted molar refractivity (Wildman–Crippen MR) is 78.3 cm³/mol. The average Bonchev–Trinajstić information content (AvgIpc) is 2.79. The smallest absolute Gasteiger partial charge is 0.253 e. The normalized spacial score (nSPS) is 23.0. The van der Waals surface area contributed by atoms with E-state index in [1.807, 2.05) is 11.8 Å². The first-order valence-electron chi connectivity index (χ1n) is 6.01. The van der Waals surface area contributed by atoms with Gasteiger partial charge in [-0.05, 0) is 31.2 Å². The summed E-state index contributed by atoms with van der Waals surface area (Å²) in [7, 11) is 0. The highest BCUT2D eigenvalue weighted by molar-refractivity contribution is 7.99. The second-order valence-corrected chi connectivity index (χ2v) is 5.95. The summed E-state index contributed by atoms with van der Waals surface area (Å²) in [5, 5.41) is 3.91. The third-order valence-electron chi connectivity index (χ3n) is 3.35. The first kappa shape index (κ1) is 13.6. The molecule has 1 saturated carbocycles. The molecule has 1 fully saturated rings. The van der Waals surface area contributed by atoms with Gasteiger partial charge in [0.2, 0.25) is 0 Å². The largest absolute Gasteiger partial charge is 0.398 e. The van der Waals surface area contributed by atoms with Crippen molar-refractivity contribution in [2.45, 2.75) is 30.6 Å². The van der Waals surface area contributed by atoms with Crippen LogP contribution >= 0.6 is 23.4 Å². The van der Waals surface area contributed by atoms with Gasteiger partial charge in [-0.2, -0.15) is 11.8 Å². The van der Waals surface area contributed by atoms with Crippen LogP contribution in [0, 0.1) is 0 Å². The van der Waals surface area contributed by atoms with Gasteiger partial charge in [-0.15, -0.1) is 0 Å². The number of carbonyl (C=O) groups excluding carboxylic acids is 1. The molecule has 5 heteroatoms. The van der Waals surface area contributed by atoms with E-state index in [-0.39, 0.29) is 11.9 Å². The Bertz CT molecular complexity index is 453. The number of thioether (sulfide) groups is 1. The Morgan fingerprint density at radius 2 is 2.28 bits per heavy atom. The van der Waals surface area contributed by atoms with Crippen molar-refractivity contribution in [2.75, 3.05) is 12.0 Å². The molecule has 18 heavy (non-hydrogen) atoms. The zero-order chi connectivity index (χ0) is 13.1. The Hall–Kier alpha value is -0.870. The molecule has 0 aromatic heterocycles. The van der Waals surface area contributed by atoms with Gasteiger partial charge in [-0.25, -0.2) is 0 Å². The van der Waals surface area contributed by atoms with Crippen molar-refractivity contribution in [3.05, 3.63) is 28.8 Å². The molecular weight excluding hydrogens is 268 g/mol. The number of anilines is 1. The molecule has 0 heterocycles. The maximum Gasteiger partial charge on any atom is 0.253 e. The van der Waals surface area contributed by atoms with E-state index in [1.165, 1.54) is 6.42 Å². The molecule has 0 aliphatic heterocycles. The highest BCUT2D eigenvalue weighted by atomic mass is 35.5. The summed E-state index contributed by atoms with van der Waals surface area (Å²) in [6, 6.07) is 5.39. The van der Waals surface area contributed by atoms with Crippen molar-refractivity contribution in [2.24, 2.45) is 0 Å². The fourth-order valence-electron chi connectivity index (χ4n) is 2.34. The molecule has 1 aromatic rings. The molecule has 98 valence electrons. The van der Waals surface area contributed by atoms with Crippen LogP contribution in [0.5, 0.6) is 0 Å². The van der Waals surface area contributed by atoms with Gasteiger partial charge in [0.05, 0.1) is 16.3 Å². The minimum absolute atomic E-state index is 0.127. The van der Waals surface area contributed by atoms with Crippen LogP contribution in [0.25, 0.3) is 0 Å². The molecule has 0 radical (unpaired) electrons. The Morgan fingerprint density at radius 3 is 3.00 bits per heavy atom. The van der Waals surface area contributed by atoms with Gasteiger partial charge >= 0.3 is 0 Å². The average molecular weight is 285 g/mol. The lowest BCUT2D eigenvalue weighted by Crippen LogP contribution is -2.38. The quantitative estimate of drug-likeness (QED) is 0.839. The number of benzene rings is 1. The van der Waals surface area contributed by atoms with E-state index >= 15 is 0 Å². The van der Waals surface area contributed by atoms with E-state index in [9.17, 15) is 4.79 Å². The summed E-state index contributed by atoms with van der Waals surface area (Å²) in [6.45, 7) is 0. The van der Waals surface area contributed by atoms with Crippen LogP contribution in [0.15, 0.2) is 18.2 Å². The maximum atomic E-state index is 12.2. The Labute approximate surface area is 116 Å². The summed E-state index contributed by atoms with van der Waals surface area (Å²) in [5.74, 6) is -0.127. The van der Waals surface area contributed by atoms with Crippen LogP contribution < -0.4 is 11.1 Å². The third kappa shape index (κ3) is 2.75. The lowest BCUT2D eigenvalue weighted by molar-refractivity contribution is 0.0939. The number of hydrogen-bond acceptors (Lipinski definition) is 3. The maximum absolute atomic E-state index is 12.2. The zero-order valence-corrected chi connectivity index (χ0v) is 11.9. The zero-order valence-electron chi connectivity index (χ0n) is 10.3. The Morgan fingerprint density at radius 1 is 1.50 bits per heavy atom. The second kappa shape index (κ2) is 5.85. The van der Waals surface area contributed by atoms with E-state index in [0.717, 1.165) is 12.8 Å². The third-order valence-corrected chi connectivity index (χ3v) is 4.94. The van der Waals surface area contributed by atoms with Crippen LogP contribution in [0.3, 0.4) is 0 Å². The van der Waals surface area contributed by atoms with Gasteiger partial charge in [-0.1, -0.05) is 24.1 Å². The molecular formula is C13H17ClN2OS. The number of hydrogen-bond donors (Lipinski definition) is 2. The molecule has 0 saturated heterocycles. The highest BCUT2D eigenvalue weighted by Gasteiger charge is 2.28. The van der Waals surface area contributed by atoms with E-state index in [0.29, 0.717) is 21.5 Å². The molecule has 1 aromatic carbocycles. The number of carbonyl (C=O) groups is 1. The minimum atomic E-state index is -0.127. The van der Waals surface area contributed by atoms with Gasteiger partial charge in [0, 0.05) is 11.3 Å². The fourth-order valence-corrected chi connectivity index (χ4v) is 3.49. The van der Waals surface area contributed by atoms with Gasteiger partial charge < -0.3 is 11.1 Å². The first-order valence-corrected chi connectivity index (χ1v) is 7.67. The molecule has 2 unspecified atom stereocenters. The van der Waals surface area contributed by atoms with Crippen LogP contribution in [0.1, 0.15) is 29.6 Å². The molecule has 3 N–H and O–H groups in total. The van der Waals surface area contributed by atoms with E-state index in [4.69, 9.17) is 17.3 Å². The number of rotatable bonds is 3. The Balaban J connectivity index is 2.10. The van der Waals surface area contributed by atoms with Crippen molar-refractivity contribution in [1.29, 1.82) is 0 Å². The van der Waals surface area contributed by atoms with Gasteiger partial charge in [0.25, 0.3) is 5.91 Å². The molecule has 1 aliphatic rings. The van der Waals surface area contributed by atoms with Gasteiger partial charge in [0.15, 0.2) is 0 Å². The Kier molecular flexibility index (Phi) is 4.40. The van der Waals surface area contributed by atoms with E-state index in [2.05, 4.69) is 11.6 Å². The van der Waals surface area contributed by atoms with Crippen molar-refractivity contribution in [1.82, 2.24) is 5.32 Å². The topological polar surface area (TPSA) is 55.1 Å². The van der Waals surface area contributed by atoms with Crippen molar-refractivity contribution in [3.63, 3.8) is 0 Å². The lowest BCUT2D eigenvalue weighted by atomic mass is 10.1. The molecule has 0 bridgehead atoms. The highest BCUT2D eigenvalue weighted by Crippen LogP contribution is 2.29. The van der Waals surface area contributed by atoms with Crippen molar-refractivity contribution in [3.8, 4) is 0 Å². The van der Waals surface area contributed by atoms with E-state index < -0.39 is 0 Å². The number of amides is 1. The lowest BCUT2D eigenvalue weighted by Gasteiger charge is -2.19. The summed E-state index contributed by atoms with van der Waals surface area (Å²) >= 11 is 7.87. The fraction of sp³-hybridized carbons (Fsp3) is 0.462. The minimum Gasteiger partial charge on any atom is -0.398 e. The molecule has 2 atom stereocenters. The number of halogens is 1. The van der Waals surface area contributed by atoms with Gasteiger partial charge in [0.1, 0.15) is 0 Å². The number of nitrogens with one attached hydrogen (secondary N) is 1. The summed E-state index contributed by atoms with van der Waals surface area (Å²) in [5.41, 5.74) is 6.61. The molecule has 1 aliphatic carbocycles. The SMILES string of the molecule is CSC1CCCC1NC(=O)c1cccc(N)c1Cl. The van der Waals surface area contributed by atoms with Crippen LogP contribution in [-0.4, -0.2) is 23.5 Å². The summed E-state index contributed by atoms with van der Waals surface area (Å²) < 4.78 is 0. The molecule has 0 spiro atoms. The monoisotopic (exact) mass is 284 g/mol. The van der Waals surface area contributed by atoms with Crippen LogP contribution in [0.4, 0.5) is 5.69 Å². The van der Waals surface area contributed by atoms with Crippen molar-refractivity contribution < 1.29 is 4.79 Å². The standard InChI is InChI=1S/C13H17ClN2OS/c1-18-11-7-3-6-10(11)16-13(17)8-4-2-5-9(15)12(8)14/h2,4-5,10-11H,3,6-7,15H2,1H3,(H,16,17). The van der Waals surface area contributed by atoms with Crippen LogP contribution in [0.2, 0.25) is 5.02 Å². The van der Waals surface area contributed by atoms with Gasteiger partial charge in [-0.3, -0.25) is 4.79 Å². The predicted octanol–water partition coefficient (Wildman–Crippen LogP) is 2.94. The van der Waals surface area contributed by atoms with Crippen molar-refractivity contribution >= 4 is 35.0 Å². The summed E-state index contributed by atoms with van der Waals surface area (Å²) in [4.78, 5) is 12.2. The second-order valence-electron chi connectivity index (χ2n) is 4.49. The number of nitrogen functional groups attached to an aromatic ring is 1. The van der Waals surface area contributed by atoms with E-state index in [1.54, 1.807) is 18.2 Å². The molecule has 3 nitrogen and oxygen atoms in total. The number of nitrogens with two attached hydrogens (primary N) is 1. The first-order chi connectivity index (χ1) is 8.63. The van der Waals surface area contributed by atoms with Crippen LogP contribution in [-0.2, 0) is 0 Å². The summed E-state index contributed by atoms with van der Waals surface area (Å²) in [6.07, 6.45) is 5.46.